The second kappa shape index (κ2) is 15.6. The molecule has 1 amide bonds. The molecular formula is C29H29F6N7O5S. The molecular weight excluding hydrogens is 672 g/mol. The largest absolute Gasteiger partial charge is 0.490 e. The molecule has 2 aromatic heterocycles. The maximum Gasteiger partial charge on any atom is 0.490 e. The molecule has 0 radical (unpaired) electrons. The minimum Gasteiger partial charge on any atom is -0.475 e. The van der Waals surface area contributed by atoms with Crippen LogP contribution in [0.2, 0.25) is 0 Å². The zero-order valence-electron chi connectivity index (χ0n) is 24.9. The van der Waals surface area contributed by atoms with Crippen molar-refractivity contribution in [3.05, 3.63) is 59.0 Å². The van der Waals surface area contributed by atoms with Gasteiger partial charge in [0.05, 0.1) is 11.1 Å². The van der Waals surface area contributed by atoms with E-state index in [1.807, 2.05) is 54.8 Å². The highest BCUT2D eigenvalue weighted by atomic mass is 32.1. The molecule has 1 saturated carbocycles. The number of aryl methyl sites for hydroxylation is 1. The van der Waals surface area contributed by atoms with Crippen molar-refractivity contribution in [2.45, 2.75) is 57.0 Å². The molecule has 2 unspecified atom stereocenters. The number of aromatic nitrogens is 2. The van der Waals surface area contributed by atoms with Crippen LogP contribution in [0.4, 0.5) is 38.1 Å². The van der Waals surface area contributed by atoms with Crippen molar-refractivity contribution >= 4 is 67.9 Å². The first-order valence-corrected chi connectivity index (χ1v) is 14.8. The van der Waals surface area contributed by atoms with E-state index in [0.29, 0.717) is 11.4 Å². The van der Waals surface area contributed by atoms with Crippen LogP contribution in [0.25, 0.3) is 21.0 Å². The number of alkyl halides is 6. The monoisotopic (exact) mass is 701 g/mol. The summed E-state index contributed by atoms with van der Waals surface area (Å²) in [4.78, 5) is 40.2. The van der Waals surface area contributed by atoms with Gasteiger partial charge < -0.3 is 26.6 Å². The number of carboxylic acids is 2. The fraction of sp³-hybridized carbons (Fsp3) is 0.310. The van der Waals surface area contributed by atoms with Gasteiger partial charge in [0.1, 0.15) is 5.82 Å². The number of carboxylic acid groups (broad SMARTS) is 2. The van der Waals surface area contributed by atoms with Gasteiger partial charge in [-0.15, -0.1) is 11.3 Å². The molecule has 8 N–H and O–H groups in total. The fourth-order valence-electron chi connectivity index (χ4n) is 4.58. The number of amides is 1. The van der Waals surface area contributed by atoms with Gasteiger partial charge in [0.25, 0.3) is 5.91 Å². The lowest BCUT2D eigenvalue weighted by atomic mass is 9.90. The molecule has 5 rings (SSSR count). The van der Waals surface area contributed by atoms with E-state index in [1.165, 1.54) is 11.3 Å². The van der Waals surface area contributed by atoms with Crippen molar-refractivity contribution in [1.82, 2.24) is 15.3 Å². The summed E-state index contributed by atoms with van der Waals surface area (Å²) < 4.78 is 64.5. The second-order valence-corrected chi connectivity index (χ2v) is 11.2. The Morgan fingerprint density at radius 3 is 2.08 bits per heavy atom. The van der Waals surface area contributed by atoms with Gasteiger partial charge >= 0.3 is 24.3 Å². The van der Waals surface area contributed by atoms with Gasteiger partial charge in [-0.05, 0) is 38.0 Å². The van der Waals surface area contributed by atoms with Crippen LogP contribution in [0.5, 0.6) is 0 Å². The summed E-state index contributed by atoms with van der Waals surface area (Å²) in [5.74, 6) is -4.85. The van der Waals surface area contributed by atoms with E-state index in [-0.39, 0.29) is 29.9 Å². The number of benzene rings is 2. The molecule has 1 aliphatic carbocycles. The number of halogens is 6. The molecule has 2 heterocycles. The van der Waals surface area contributed by atoms with Gasteiger partial charge in [0.15, 0.2) is 5.96 Å². The Kier molecular flexibility index (Phi) is 12.1. The van der Waals surface area contributed by atoms with Crippen LogP contribution in [0.15, 0.2) is 47.8 Å². The lowest BCUT2D eigenvalue weighted by molar-refractivity contribution is -0.193. The van der Waals surface area contributed by atoms with Crippen LogP contribution < -0.4 is 21.7 Å². The Balaban J connectivity index is 0.000000376. The maximum absolute atomic E-state index is 13.1. The van der Waals surface area contributed by atoms with Crippen molar-refractivity contribution in [3.63, 3.8) is 0 Å². The summed E-state index contributed by atoms with van der Waals surface area (Å²) in [6.45, 7) is 2.03. The second-order valence-electron chi connectivity index (χ2n) is 10.3. The number of carbonyl (C=O) groups is 3. The maximum atomic E-state index is 13.1. The number of anilines is 2. The third-order valence-electron chi connectivity index (χ3n) is 6.72. The van der Waals surface area contributed by atoms with Gasteiger partial charge in [-0.2, -0.15) is 31.3 Å². The van der Waals surface area contributed by atoms with Crippen molar-refractivity contribution in [2.24, 2.45) is 5.73 Å². The van der Waals surface area contributed by atoms with Crippen LogP contribution in [-0.4, -0.2) is 68.4 Å². The molecule has 12 nitrogen and oxygen atoms in total. The Labute approximate surface area is 271 Å². The number of guanidine groups is 1. The lowest BCUT2D eigenvalue weighted by Gasteiger charge is -2.33. The average molecular weight is 702 g/mol. The molecule has 48 heavy (non-hydrogen) atoms. The van der Waals surface area contributed by atoms with E-state index in [2.05, 4.69) is 20.9 Å². The Bertz CT molecular complexity index is 1770. The first-order chi connectivity index (χ1) is 22.4. The molecule has 0 spiro atoms. The molecule has 4 aromatic rings. The number of thiophene rings is 1. The summed E-state index contributed by atoms with van der Waals surface area (Å²) in [5.41, 5.74) is 8.09. The molecule has 0 bridgehead atoms. The van der Waals surface area contributed by atoms with E-state index in [1.54, 1.807) is 0 Å². The van der Waals surface area contributed by atoms with Crippen molar-refractivity contribution in [3.8, 4) is 0 Å². The predicted octanol–water partition coefficient (Wildman–Crippen LogP) is 5.88. The van der Waals surface area contributed by atoms with Gasteiger partial charge in [0, 0.05) is 32.9 Å². The highest BCUT2D eigenvalue weighted by molar-refractivity contribution is 7.17. The Morgan fingerprint density at radius 1 is 0.917 bits per heavy atom. The van der Waals surface area contributed by atoms with Crippen LogP contribution in [0, 0.1) is 12.3 Å². The minimum atomic E-state index is -5.08. The molecule has 2 atom stereocenters. The molecule has 1 fully saturated rings. The number of nitrogens with zero attached hydrogens (tertiary/aromatic N) is 2. The number of nitrogens with one attached hydrogen (secondary N) is 4. The molecule has 0 saturated heterocycles. The smallest absolute Gasteiger partial charge is 0.475 e. The summed E-state index contributed by atoms with van der Waals surface area (Å²) in [7, 11) is 0. The van der Waals surface area contributed by atoms with E-state index in [9.17, 15) is 31.1 Å². The first-order valence-electron chi connectivity index (χ1n) is 13.9. The average Bonchev–Trinajstić information content (AvgIpc) is 3.42. The Morgan fingerprint density at radius 2 is 1.50 bits per heavy atom. The molecule has 1 aliphatic rings. The quantitative estimate of drug-likeness (QED) is 0.0748. The predicted molar refractivity (Wildman–Crippen MR) is 166 cm³/mol. The summed E-state index contributed by atoms with van der Waals surface area (Å²) in [5, 5.41) is 35.1. The van der Waals surface area contributed by atoms with Gasteiger partial charge in [-0.1, -0.05) is 42.7 Å². The van der Waals surface area contributed by atoms with Crippen LogP contribution in [-0.2, 0) is 9.59 Å². The summed E-state index contributed by atoms with van der Waals surface area (Å²) in [6.07, 6.45) is -6.13. The van der Waals surface area contributed by atoms with E-state index >= 15 is 0 Å². The minimum absolute atomic E-state index is 0.0296. The number of rotatable bonds is 5. The highest BCUT2D eigenvalue weighted by Crippen LogP contribution is 2.29. The number of carbonyl (C=O) groups excluding carboxylic acids is 1. The summed E-state index contributed by atoms with van der Waals surface area (Å²) in [6, 6.07) is 13.9. The number of fused-ring (bicyclic) bond motifs is 2. The standard InChI is InChI=1S/C25H27N7OS.2C2HF3O2/c1-14-10-11-18-16(12-14)22(28-19-7-3-4-8-20(19)29-24(26)27)31-25(30-18)32-23(33)17-13-34-21-9-5-2-6-15(17)21;2*3-2(4,5)1(6)7/h2,5-6,9-13,19-20H,3-4,7-8H2,1H3,(H4,26,27,29)(H2,28,30,31,32,33);2*(H,6,7). The number of aliphatic carboxylic acids is 2. The van der Waals surface area contributed by atoms with Crippen molar-refractivity contribution in [1.29, 1.82) is 5.41 Å². The molecule has 0 aliphatic heterocycles. The first kappa shape index (κ1) is 37.3. The lowest BCUT2D eigenvalue weighted by Crippen LogP contribution is -2.50. The SMILES string of the molecule is Cc1ccc2nc(NC(=O)c3csc4ccccc34)nc(NC3CCCCC3NC(=N)N)c2c1.O=C(O)C(F)(F)F.O=C(O)C(F)(F)F. The normalized spacial score (nSPS) is 16.1. The third kappa shape index (κ3) is 10.4. The molecule has 19 heteroatoms. The van der Waals surface area contributed by atoms with Gasteiger partial charge in [-0.3, -0.25) is 15.5 Å². The molecule has 258 valence electrons. The number of hydrogen-bond donors (Lipinski definition) is 7. The topological polar surface area (TPSA) is 203 Å². The van der Waals surface area contributed by atoms with Crippen LogP contribution in [0.3, 0.4) is 0 Å². The third-order valence-corrected chi connectivity index (χ3v) is 7.68. The van der Waals surface area contributed by atoms with E-state index in [4.69, 9.17) is 35.9 Å². The van der Waals surface area contributed by atoms with Crippen LogP contribution >= 0.6 is 11.3 Å². The van der Waals surface area contributed by atoms with Gasteiger partial charge in [0.2, 0.25) is 5.95 Å². The highest BCUT2D eigenvalue weighted by Gasteiger charge is 2.39. The van der Waals surface area contributed by atoms with Crippen molar-refractivity contribution < 1.29 is 50.9 Å². The van der Waals surface area contributed by atoms with E-state index in [0.717, 1.165) is 52.2 Å². The zero-order chi connectivity index (χ0) is 35.8. The number of hydrogen-bond acceptors (Lipinski definition) is 8. The van der Waals surface area contributed by atoms with Crippen LogP contribution in [0.1, 0.15) is 41.6 Å². The number of nitrogens with two attached hydrogens (primary N) is 1. The fourth-order valence-corrected chi connectivity index (χ4v) is 5.52. The zero-order valence-corrected chi connectivity index (χ0v) is 25.7. The van der Waals surface area contributed by atoms with E-state index < -0.39 is 24.3 Å². The molecule has 2 aromatic carbocycles. The summed E-state index contributed by atoms with van der Waals surface area (Å²) >= 11 is 1.54. The van der Waals surface area contributed by atoms with Crippen molar-refractivity contribution in [2.75, 3.05) is 10.6 Å². The van der Waals surface area contributed by atoms with Gasteiger partial charge in [-0.25, -0.2) is 14.6 Å². The Hall–Kier alpha value is -5.20.